The van der Waals surface area contributed by atoms with Crippen LogP contribution in [0.5, 0.6) is 0 Å². The first-order valence-corrected chi connectivity index (χ1v) is 7.35. The topological polar surface area (TPSA) is 67.5 Å². The highest BCUT2D eigenvalue weighted by molar-refractivity contribution is 9.10. The number of benzene rings is 2. The van der Waals surface area contributed by atoms with Crippen LogP contribution in [0.2, 0.25) is 0 Å². The molecule has 1 N–H and O–H groups in total. The van der Waals surface area contributed by atoms with Crippen molar-refractivity contribution in [3.63, 3.8) is 0 Å². The quantitative estimate of drug-likeness (QED) is 0.526. The molecule has 0 fully saturated rings. The summed E-state index contributed by atoms with van der Waals surface area (Å²) in [5, 5.41) is 15.2. The molecule has 1 aliphatic rings. The first-order valence-electron chi connectivity index (χ1n) is 6.44. The lowest BCUT2D eigenvalue weighted by atomic mass is 9.99. The van der Waals surface area contributed by atoms with E-state index in [0.717, 1.165) is 16.8 Å². The van der Waals surface area contributed by atoms with E-state index in [-0.39, 0.29) is 16.6 Å². The smallest absolute Gasteiger partial charge is 0.270 e. The van der Waals surface area contributed by atoms with Crippen LogP contribution in [-0.4, -0.2) is 15.5 Å². The highest BCUT2D eigenvalue weighted by Crippen LogP contribution is 2.31. The van der Waals surface area contributed by atoms with Gasteiger partial charge in [-0.3, -0.25) is 10.1 Å². The molecule has 21 heavy (non-hydrogen) atoms. The molecule has 2 aromatic rings. The van der Waals surface area contributed by atoms with E-state index in [1.54, 1.807) is 12.1 Å². The predicted octanol–water partition coefficient (Wildman–Crippen LogP) is 3.41. The summed E-state index contributed by atoms with van der Waals surface area (Å²) in [7, 11) is 0. The maximum atomic E-state index is 10.9. The molecular weight excluding hydrogens is 334 g/mol. The molecule has 0 saturated carbocycles. The van der Waals surface area contributed by atoms with E-state index in [2.05, 4.69) is 26.5 Å². The summed E-state index contributed by atoms with van der Waals surface area (Å²) in [4.78, 5) is 10.4. The van der Waals surface area contributed by atoms with Crippen LogP contribution >= 0.6 is 15.9 Å². The van der Waals surface area contributed by atoms with Crippen LogP contribution < -0.4 is 5.43 Å². The van der Waals surface area contributed by atoms with Crippen LogP contribution in [0.25, 0.3) is 0 Å². The van der Waals surface area contributed by atoms with E-state index < -0.39 is 4.92 Å². The van der Waals surface area contributed by atoms with E-state index in [1.165, 1.54) is 6.07 Å². The van der Waals surface area contributed by atoms with Gasteiger partial charge < -0.3 is 5.43 Å². The molecule has 0 saturated heterocycles. The maximum absolute atomic E-state index is 10.9. The van der Waals surface area contributed by atoms with Gasteiger partial charge in [0.15, 0.2) is 0 Å². The number of hydrogen-bond donors (Lipinski definition) is 1. The molecule has 2 atom stereocenters. The zero-order valence-corrected chi connectivity index (χ0v) is 12.5. The van der Waals surface area contributed by atoms with Gasteiger partial charge in [0.05, 0.1) is 21.5 Å². The van der Waals surface area contributed by atoms with Gasteiger partial charge in [-0.15, -0.1) is 0 Å². The highest BCUT2D eigenvalue weighted by atomic mass is 79.9. The molecule has 3 rings (SSSR count). The number of nitro groups is 1. The summed E-state index contributed by atoms with van der Waals surface area (Å²) >= 11 is 3.64. The lowest BCUT2D eigenvalue weighted by molar-refractivity contribution is -0.384. The van der Waals surface area contributed by atoms with E-state index in [4.69, 9.17) is 0 Å². The number of nitrogens with one attached hydrogen (secondary N) is 1. The fraction of sp³-hybridized carbons (Fsp3) is 0.133. The molecule has 0 radical (unpaired) electrons. The van der Waals surface area contributed by atoms with Gasteiger partial charge in [-0.05, 0) is 5.56 Å². The molecule has 106 valence electrons. The second-order valence-electron chi connectivity index (χ2n) is 4.72. The Balaban J connectivity index is 1.88. The minimum atomic E-state index is -0.398. The van der Waals surface area contributed by atoms with Crippen molar-refractivity contribution in [2.24, 2.45) is 5.10 Å². The van der Waals surface area contributed by atoms with E-state index in [9.17, 15) is 10.1 Å². The van der Waals surface area contributed by atoms with Gasteiger partial charge in [0.2, 0.25) is 0 Å². The Hall–Kier alpha value is -2.21. The standard InChI is InChI=1S/C15H12BrN3O2/c16-13-14(10-5-2-1-3-6-10)17-18-15(13)11-7-4-8-12(9-11)19(20)21/h1-9,13-14,17H. The molecule has 6 heteroatoms. The van der Waals surface area contributed by atoms with Gasteiger partial charge in [-0.25, -0.2) is 0 Å². The largest absolute Gasteiger partial charge is 0.301 e. The number of rotatable bonds is 3. The van der Waals surface area contributed by atoms with Crippen molar-refractivity contribution in [3.05, 3.63) is 75.8 Å². The molecular formula is C15H12BrN3O2. The van der Waals surface area contributed by atoms with Crippen molar-refractivity contribution < 1.29 is 4.92 Å². The molecule has 1 aliphatic heterocycles. The van der Waals surface area contributed by atoms with Crippen molar-refractivity contribution in [1.82, 2.24) is 5.43 Å². The van der Waals surface area contributed by atoms with Crippen molar-refractivity contribution in [1.29, 1.82) is 0 Å². The summed E-state index contributed by atoms with van der Waals surface area (Å²) in [5.74, 6) is 0. The molecule has 0 amide bonds. The van der Waals surface area contributed by atoms with Gasteiger partial charge in [-0.2, -0.15) is 5.10 Å². The first-order chi connectivity index (χ1) is 10.2. The van der Waals surface area contributed by atoms with Crippen molar-refractivity contribution in [2.75, 3.05) is 0 Å². The number of alkyl halides is 1. The van der Waals surface area contributed by atoms with Gasteiger partial charge >= 0.3 is 0 Å². The van der Waals surface area contributed by atoms with Gasteiger partial charge in [-0.1, -0.05) is 58.4 Å². The lowest BCUT2D eigenvalue weighted by Crippen LogP contribution is -2.21. The molecule has 0 aliphatic carbocycles. The van der Waals surface area contributed by atoms with Crippen molar-refractivity contribution in [3.8, 4) is 0 Å². The van der Waals surface area contributed by atoms with Crippen LogP contribution in [0.1, 0.15) is 17.2 Å². The molecule has 0 bridgehead atoms. The fourth-order valence-corrected chi connectivity index (χ4v) is 3.12. The van der Waals surface area contributed by atoms with Gasteiger partial charge in [0, 0.05) is 17.7 Å². The number of non-ortho nitro benzene ring substituents is 1. The molecule has 2 unspecified atom stereocenters. The maximum Gasteiger partial charge on any atom is 0.270 e. The van der Waals surface area contributed by atoms with Gasteiger partial charge in [0.25, 0.3) is 5.69 Å². The second kappa shape index (κ2) is 5.65. The summed E-state index contributed by atoms with van der Waals surface area (Å²) in [6.07, 6.45) is 0. The Labute approximate surface area is 130 Å². The predicted molar refractivity (Wildman–Crippen MR) is 84.7 cm³/mol. The fourth-order valence-electron chi connectivity index (χ4n) is 2.33. The van der Waals surface area contributed by atoms with E-state index in [1.807, 2.05) is 36.4 Å². The van der Waals surface area contributed by atoms with Crippen molar-refractivity contribution in [2.45, 2.75) is 10.9 Å². The number of hydrazone groups is 1. The molecule has 0 spiro atoms. The molecule has 5 nitrogen and oxygen atoms in total. The Kier molecular flexibility index (Phi) is 3.70. The molecule has 1 heterocycles. The second-order valence-corrected chi connectivity index (χ2v) is 5.71. The highest BCUT2D eigenvalue weighted by Gasteiger charge is 2.31. The SMILES string of the molecule is O=[N+]([O-])c1cccc(C2=NNC(c3ccccc3)C2Br)c1. The van der Waals surface area contributed by atoms with Crippen LogP contribution in [0.15, 0.2) is 59.7 Å². The third-order valence-electron chi connectivity index (χ3n) is 3.39. The Bertz CT molecular complexity index is 703. The third kappa shape index (κ3) is 2.67. The zero-order valence-electron chi connectivity index (χ0n) is 10.9. The Morgan fingerprint density at radius 1 is 1.14 bits per heavy atom. The third-order valence-corrected chi connectivity index (χ3v) is 4.35. The van der Waals surface area contributed by atoms with Crippen LogP contribution in [0.3, 0.4) is 0 Å². The monoisotopic (exact) mass is 345 g/mol. The van der Waals surface area contributed by atoms with Gasteiger partial charge in [0.1, 0.15) is 0 Å². The number of nitro benzene ring substituents is 1. The lowest BCUT2D eigenvalue weighted by Gasteiger charge is -2.15. The molecule has 0 aromatic heterocycles. The zero-order chi connectivity index (χ0) is 14.8. The first kappa shape index (κ1) is 13.8. The summed E-state index contributed by atoms with van der Waals surface area (Å²) in [5.41, 5.74) is 5.79. The van der Waals surface area contributed by atoms with E-state index >= 15 is 0 Å². The number of hydrogen-bond acceptors (Lipinski definition) is 4. The Morgan fingerprint density at radius 3 is 2.62 bits per heavy atom. The number of halogens is 1. The summed E-state index contributed by atoms with van der Waals surface area (Å²) in [6.45, 7) is 0. The minimum absolute atomic E-state index is 0.0143. The normalized spacial score (nSPS) is 20.7. The summed E-state index contributed by atoms with van der Waals surface area (Å²) < 4.78 is 0. The van der Waals surface area contributed by atoms with Crippen LogP contribution in [0.4, 0.5) is 5.69 Å². The number of nitrogens with zero attached hydrogens (tertiary/aromatic N) is 2. The Morgan fingerprint density at radius 2 is 1.90 bits per heavy atom. The summed E-state index contributed by atoms with van der Waals surface area (Å²) in [6, 6.07) is 16.5. The van der Waals surface area contributed by atoms with Crippen LogP contribution in [-0.2, 0) is 0 Å². The minimum Gasteiger partial charge on any atom is -0.301 e. The average molecular weight is 346 g/mol. The van der Waals surface area contributed by atoms with Crippen molar-refractivity contribution >= 4 is 27.3 Å². The van der Waals surface area contributed by atoms with E-state index in [0.29, 0.717) is 0 Å². The molecule has 2 aromatic carbocycles. The van der Waals surface area contributed by atoms with Crippen LogP contribution in [0, 0.1) is 10.1 Å². The average Bonchev–Trinajstić information content (AvgIpc) is 2.90.